The fourth-order valence-corrected chi connectivity index (χ4v) is 2.74. The Morgan fingerprint density at radius 1 is 1.47 bits per heavy atom. The van der Waals surface area contributed by atoms with Gasteiger partial charge < -0.3 is 5.32 Å². The van der Waals surface area contributed by atoms with Crippen molar-refractivity contribution < 1.29 is 0 Å². The average Bonchev–Trinajstić information content (AvgIpc) is 2.48. The first-order valence-corrected chi connectivity index (χ1v) is 7.14. The molecule has 0 unspecified atom stereocenters. The first kappa shape index (κ1) is 14.0. The Kier molecular flexibility index (Phi) is 5.31. The molecular weight excluding hydrogens is 236 g/mol. The smallest absolute Gasteiger partial charge is 0.144 e. The Hall–Kier alpha value is -1.44. The second kappa shape index (κ2) is 7.22. The van der Waals surface area contributed by atoms with E-state index in [9.17, 15) is 0 Å². The van der Waals surface area contributed by atoms with Gasteiger partial charge in [0.2, 0.25) is 0 Å². The van der Waals surface area contributed by atoms with Gasteiger partial charge in [0.25, 0.3) is 0 Å². The van der Waals surface area contributed by atoms with Crippen LogP contribution in [0.1, 0.15) is 37.4 Å². The highest BCUT2D eigenvalue weighted by molar-refractivity contribution is 5.30. The SMILES string of the molecule is CCCN(Cc1cccnc1C#N)C1CCNCC1. The normalized spacial score (nSPS) is 16.5. The largest absolute Gasteiger partial charge is 0.317 e. The molecule has 1 aliphatic heterocycles. The minimum Gasteiger partial charge on any atom is -0.317 e. The molecule has 2 rings (SSSR count). The van der Waals surface area contributed by atoms with Crippen LogP contribution in [0.15, 0.2) is 18.3 Å². The lowest BCUT2D eigenvalue weighted by Crippen LogP contribution is -2.43. The van der Waals surface area contributed by atoms with Crippen molar-refractivity contribution in [2.24, 2.45) is 0 Å². The minimum atomic E-state index is 0.567. The lowest BCUT2D eigenvalue weighted by atomic mass is 10.0. The summed E-state index contributed by atoms with van der Waals surface area (Å²) in [6.07, 6.45) is 5.23. The van der Waals surface area contributed by atoms with Crippen LogP contribution >= 0.6 is 0 Å². The first-order valence-electron chi connectivity index (χ1n) is 7.14. The summed E-state index contributed by atoms with van der Waals surface area (Å²) in [6.45, 7) is 6.34. The third-order valence-corrected chi connectivity index (χ3v) is 3.71. The Balaban J connectivity index is 2.09. The van der Waals surface area contributed by atoms with E-state index < -0.39 is 0 Å². The van der Waals surface area contributed by atoms with Crippen molar-refractivity contribution in [3.8, 4) is 6.07 Å². The van der Waals surface area contributed by atoms with Gasteiger partial charge in [0, 0.05) is 24.3 Å². The topological polar surface area (TPSA) is 52.0 Å². The summed E-state index contributed by atoms with van der Waals surface area (Å²) in [5, 5.41) is 12.5. The van der Waals surface area contributed by atoms with Crippen molar-refractivity contribution in [1.82, 2.24) is 15.2 Å². The molecule has 4 heteroatoms. The van der Waals surface area contributed by atoms with Crippen LogP contribution in [-0.4, -0.2) is 35.6 Å². The summed E-state index contributed by atoms with van der Waals surface area (Å²) < 4.78 is 0. The molecule has 2 heterocycles. The summed E-state index contributed by atoms with van der Waals surface area (Å²) in [6, 6.07) is 6.77. The maximum Gasteiger partial charge on any atom is 0.144 e. The maximum atomic E-state index is 9.13. The van der Waals surface area contributed by atoms with Crippen LogP contribution in [0.3, 0.4) is 0 Å². The van der Waals surface area contributed by atoms with Gasteiger partial charge in [-0.1, -0.05) is 13.0 Å². The molecule has 102 valence electrons. The molecule has 0 spiro atoms. The molecule has 0 bridgehead atoms. The Labute approximate surface area is 115 Å². The number of piperidine rings is 1. The summed E-state index contributed by atoms with van der Waals surface area (Å²) in [7, 11) is 0. The fraction of sp³-hybridized carbons (Fsp3) is 0.600. The van der Waals surface area contributed by atoms with Crippen LogP contribution < -0.4 is 5.32 Å². The van der Waals surface area contributed by atoms with Crippen LogP contribution in [0.4, 0.5) is 0 Å². The lowest BCUT2D eigenvalue weighted by molar-refractivity contribution is 0.154. The summed E-state index contributed by atoms with van der Waals surface area (Å²) in [4.78, 5) is 6.67. The first-order chi connectivity index (χ1) is 9.35. The molecule has 0 radical (unpaired) electrons. The van der Waals surface area contributed by atoms with Crippen LogP contribution in [0.5, 0.6) is 0 Å². The zero-order valence-corrected chi connectivity index (χ0v) is 11.6. The molecule has 0 saturated carbocycles. The zero-order chi connectivity index (χ0) is 13.5. The lowest BCUT2D eigenvalue weighted by Gasteiger charge is -2.34. The van der Waals surface area contributed by atoms with Gasteiger partial charge in [-0.15, -0.1) is 0 Å². The van der Waals surface area contributed by atoms with Crippen LogP contribution in [-0.2, 0) is 6.54 Å². The number of aromatic nitrogens is 1. The van der Waals surface area contributed by atoms with E-state index in [4.69, 9.17) is 5.26 Å². The molecule has 1 aromatic rings. The minimum absolute atomic E-state index is 0.567. The van der Waals surface area contributed by atoms with Gasteiger partial charge >= 0.3 is 0 Å². The quantitative estimate of drug-likeness (QED) is 0.876. The second-order valence-electron chi connectivity index (χ2n) is 5.07. The van der Waals surface area contributed by atoms with Crippen molar-refractivity contribution in [3.63, 3.8) is 0 Å². The van der Waals surface area contributed by atoms with E-state index in [0.29, 0.717) is 11.7 Å². The molecule has 1 N–H and O–H groups in total. The highest BCUT2D eigenvalue weighted by Crippen LogP contribution is 2.17. The molecule has 1 aromatic heterocycles. The predicted molar refractivity (Wildman–Crippen MR) is 75.5 cm³/mol. The van der Waals surface area contributed by atoms with E-state index in [1.165, 1.54) is 12.8 Å². The Morgan fingerprint density at radius 3 is 2.95 bits per heavy atom. The van der Waals surface area contributed by atoms with Crippen molar-refractivity contribution in [2.75, 3.05) is 19.6 Å². The van der Waals surface area contributed by atoms with E-state index in [1.807, 2.05) is 12.1 Å². The molecule has 4 nitrogen and oxygen atoms in total. The van der Waals surface area contributed by atoms with Crippen LogP contribution in [0.25, 0.3) is 0 Å². The van der Waals surface area contributed by atoms with Gasteiger partial charge in [0.05, 0.1) is 0 Å². The maximum absolute atomic E-state index is 9.13. The average molecular weight is 258 g/mol. The highest BCUT2D eigenvalue weighted by atomic mass is 15.2. The molecule has 0 aromatic carbocycles. The monoisotopic (exact) mass is 258 g/mol. The molecule has 1 fully saturated rings. The summed E-state index contributed by atoms with van der Waals surface area (Å²) in [5.41, 5.74) is 1.62. The molecule has 0 amide bonds. The predicted octanol–water partition coefficient (Wildman–Crippen LogP) is 1.92. The van der Waals surface area contributed by atoms with Gasteiger partial charge in [-0.2, -0.15) is 5.26 Å². The number of nitrogens with zero attached hydrogens (tertiary/aromatic N) is 3. The molecule has 0 atom stereocenters. The van der Waals surface area contributed by atoms with Gasteiger partial charge in [-0.05, 0) is 45.0 Å². The van der Waals surface area contributed by atoms with Crippen molar-refractivity contribution in [2.45, 2.75) is 38.8 Å². The van der Waals surface area contributed by atoms with Gasteiger partial charge in [-0.3, -0.25) is 4.90 Å². The molecule has 1 saturated heterocycles. The second-order valence-corrected chi connectivity index (χ2v) is 5.07. The number of nitriles is 1. The number of pyridine rings is 1. The van der Waals surface area contributed by atoms with Crippen LogP contribution in [0.2, 0.25) is 0 Å². The summed E-state index contributed by atoms with van der Waals surface area (Å²) in [5.74, 6) is 0. The highest BCUT2D eigenvalue weighted by Gasteiger charge is 2.21. The van der Waals surface area contributed by atoms with E-state index in [2.05, 4.69) is 28.2 Å². The van der Waals surface area contributed by atoms with E-state index in [-0.39, 0.29) is 0 Å². The standard InChI is InChI=1S/C15H22N4/c1-2-10-19(14-5-8-17-9-6-14)12-13-4-3-7-18-15(13)11-16/h3-4,7,14,17H,2,5-6,8-10,12H2,1H3. The van der Waals surface area contributed by atoms with Gasteiger partial charge in [0.1, 0.15) is 11.8 Å². The van der Waals surface area contributed by atoms with Crippen LogP contribution in [0, 0.1) is 11.3 Å². The van der Waals surface area contributed by atoms with E-state index in [0.717, 1.165) is 38.2 Å². The molecule has 19 heavy (non-hydrogen) atoms. The Bertz CT molecular complexity index is 432. The fourth-order valence-electron chi connectivity index (χ4n) is 2.74. The number of rotatable bonds is 5. The van der Waals surface area contributed by atoms with Crippen molar-refractivity contribution in [3.05, 3.63) is 29.6 Å². The van der Waals surface area contributed by atoms with Gasteiger partial charge in [0.15, 0.2) is 0 Å². The zero-order valence-electron chi connectivity index (χ0n) is 11.6. The third kappa shape index (κ3) is 3.76. The molecule has 0 aliphatic carbocycles. The molecule has 1 aliphatic rings. The third-order valence-electron chi connectivity index (χ3n) is 3.71. The van der Waals surface area contributed by atoms with E-state index >= 15 is 0 Å². The number of nitrogens with one attached hydrogen (secondary N) is 1. The number of hydrogen-bond acceptors (Lipinski definition) is 4. The van der Waals surface area contributed by atoms with Crippen molar-refractivity contribution in [1.29, 1.82) is 5.26 Å². The summed E-state index contributed by atoms with van der Waals surface area (Å²) >= 11 is 0. The number of hydrogen-bond donors (Lipinski definition) is 1. The van der Waals surface area contributed by atoms with E-state index in [1.54, 1.807) is 6.20 Å². The van der Waals surface area contributed by atoms with Crippen molar-refractivity contribution >= 4 is 0 Å². The Morgan fingerprint density at radius 2 is 2.26 bits per heavy atom. The molecular formula is C15H22N4. The van der Waals surface area contributed by atoms with Gasteiger partial charge in [-0.25, -0.2) is 4.98 Å².